The number of halogens is 2. The Hall–Kier alpha value is -3.41. The molecular weight excluding hydrogens is 402 g/mol. The van der Waals surface area contributed by atoms with Crippen molar-refractivity contribution in [3.05, 3.63) is 63.7 Å². The Morgan fingerprint density at radius 1 is 1.18 bits per heavy atom. The summed E-state index contributed by atoms with van der Waals surface area (Å²) in [6.07, 6.45) is 0.767. The number of sulfone groups is 1. The molecule has 0 unspecified atom stereocenters. The second-order valence-corrected chi connectivity index (χ2v) is 7.44. The molecule has 0 saturated heterocycles. The van der Waals surface area contributed by atoms with E-state index in [-0.39, 0.29) is 5.56 Å². The van der Waals surface area contributed by atoms with Crippen LogP contribution < -0.4 is 5.32 Å². The molecule has 0 atom stereocenters. The van der Waals surface area contributed by atoms with Crippen LogP contribution in [0, 0.1) is 21.7 Å². The molecule has 1 N–H and O–H groups in total. The molecule has 1 amide bonds. The molecule has 0 aromatic heterocycles. The van der Waals surface area contributed by atoms with E-state index in [9.17, 15) is 36.9 Å². The van der Waals surface area contributed by atoms with Gasteiger partial charge in [-0.1, -0.05) is 0 Å². The summed E-state index contributed by atoms with van der Waals surface area (Å²) >= 11 is 0. The minimum atomic E-state index is -3.91. The molecule has 0 aliphatic heterocycles. The lowest BCUT2D eigenvalue weighted by molar-refractivity contribution is -0.387. The third-order valence-corrected chi connectivity index (χ3v) is 4.47. The maximum atomic E-state index is 13.4. The van der Waals surface area contributed by atoms with Crippen molar-refractivity contribution in [1.82, 2.24) is 0 Å². The normalized spacial score (nSPS) is 11.0. The molecule has 2 aromatic rings. The van der Waals surface area contributed by atoms with Gasteiger partial charge in [0.1, 0.15) is 16.5 Å². The van der Waals surface area contributed by atoms with Crippen molar-refractivity contribution >= 4 is 33.1 Å². The zero-order chi connectivity index (χ0) is 21.1. The molecule has 9 nitrogen and oxygen atoms in total. The summed E-state index contributed by atoms with van der Waals surface area (Å²) in [6.45, 7) is -0.892. The molecular formula is C16H12F2N2O7S. The van der Waals surface area contributed by atoms with Gasteiger partial charge in [0.05, 0.1) is 16.2 Å². The summed E-state index contributed by atoms with van der Waals surface area (Å²) < 4.78 is 54.2. The Kier molecular flexibility index (Phi) is 6.03. The van der Waals surface area contributed by atoms with Crippen LogP contribution in [0.15, 0.2) is 41.3 Å². The number of hydrogen-bond donors (Lipinski definition) is 1. The number of carbonyl (C=O) groups is 2. The number of nitrogens with zero attached hydrogens (tertiary/aromatic N) is 1. The fraction of sp³-hybridized carbons (Fsp3) is 0.125. The highest BCUT2D eigenvalue weighted by Crippen LogP contribution is 2.25. The Morgan fingerprint density at radius 2 is 1.86 bits per heavy atom. The highest BCUT2D eigenvalue weighted by molar-refractivity contribution is 7.90. The van der Waals surface area contributed by atoms with Crippen LogP contribution in [0.2, 0.25) is 0 Å². The monoisotopic (exact) mass is 414 g/mol. The van der Waals surface area contributed by atoms with Crippen LogP contribution in [0.25, 0.3) is 0 Å². The number of nitrogens with one attached hydrogen (secondary N) is 1. The summed E-state index contributed by atoms with van der Waals surface area (Å²) in [5.41, 5.74) is -1.67. The van der Waals surface area contributed by atoms with Crippen molar-refractivity contribution in [1.29, 1.82) is 0 Å². The van der Waals surface area contributed by atoms with Crippen LogP contribution in [0.3, 0.4) is 0 Å². The Bertz CT molecular complexity index is 1070. The topological polar surface area (TPSA) is 133 Å². The number of anilines is 1. The molecule has 2 aromatic carbocycles. The molecule has 0 fully saturated rings. The standard InChI is InChI=1S/C16H12F2N2O7S/c1-28(25,26)14-5-2-9(6-13(14)20(23)24)16(22)27-8-15(21)19-12-7-10(17)3-4-11(12)18/h2-7H,8H2,1H3,(H,19,21). The summed E-state index contributed by atoms with van der Waals surface area (Å²) in [7, 11) is -3.91. The van der Waals surface area contributed by atoms with Gasteiger partial charge in [-0.15, -0.1) is 0 Å². The SMILES string of the molecule is CS(=O)(=O)c1ccc(C(=O)OCC(=O)Nc2cc(F)ccc2F)cc1[N+](=O)[O-]. The number of amides is 1. The minimum absolute atomic E-state index is 0.371. The Labute approximate surface area is 157 Å². The summed E-state index contributed by atoms with van der Waals surface area (Å²) in [6, 6.07) is 4.91. The van der Waals surface area contributed by atoms with Crippen LogP contribution in [-0.2, 0) is 19.4 Å². The van der Waals surface area contributed by atoms with Gasteiger partial charge in [-0.3, -0.25) is 14.9 Å². The van der Waals surface area contributed by atoms with Gasteiger partial charge >= 0.3 is 5.97 Å². The van der Waals surface area contributed by atoms with Crippen LogP contribution in [-0.4, -0.2) is 38.1 Å². The van der Waals surface area contributed by atoms with Gasteiger partial charge in [-0.05, 0) is 24.3 Å². The molecule has 0 aliphatic rings. The van der Waals surface area contributed by atoms with Crippen LogP contribution in [0.1, 0.15) is 10.4 Å². The van der Waals surface area contributed by atoms with Crippen molar-refractivity contribution in [2.24, 2.45) is 0 Å². The van der Waals surface area contributed by atoms with Crippen LogP contribution in [0.4, 0.5) is 20.2 Å². The van der Waals surface area contributed by atoms with Crippen LogP contribution in [0.5, 0.6) is 0 Å². The van der Waals surface area contributed by atoms with E-state index >= 15 is 0 Å². The molecule has 0 radical (unpaired) electrons. The van der Waals surface area contributed by atoms with Crippen LogP contribution >= 0.6 is 0 Å². The number of benzene rings is 2. The van der Waals surface area contributed by atoms with E-state index < -0.39 is 61.1 Å². The molecule has 28 heavy (non-hydrogen) atoms. The first kappa shape index (κ1) is 20.9. The Balaban J connectivity index is 2.10. The second kappa shape index (κ2) is 8.08. The fourth-order valence-corrected chi connectivity index (χ4v) is 2.92. The largest absolute Gasteiger partial charge is 0.452 e. The molecule has 148 valence electrons. The maximum absolute atomic E-state index is 13.4. The molecule has 0 spiro atoms. The van der Waals surface area contributed by atoms with Gasteiger partial charge in [0.15, 0.2) is 16.4 Å². The van der Waals surface area contributed by atoms with E-state index in [1.165, 1.54) is 0 Å². The molecule has 0 bridgehead atoms. The van der Waals surface area contributed by atoms with E-state index in [0.29, 0.717) is 6.07 Å². The summed E-state index contributed by atoms with van der Waals surface area (Å²) in [4.78, 5) is 33.1. The molecule has 12 heteroatoms. The summed E-state index contributed by atoms with van der Waals surface area (Å²) in [5, 5.41) is 13.0. The van der Waals surface area contributed by atoms with Gasteiger partial charge in [0, 0.05) is 18.4 Å². The number of esters is 1. The molecule has 0 heterocycles. The number of ether oxygens (including phenoxy) is 1. The smallest absolute Gasteiger partial charge is 0.338 e. The van der Waals surface area contributed by atoms with Crippen molar-refractivity contribution in [2.75, 3.05) is 18.2 Å². The highest BCUT2D eigenvalue weighted by atomic mass is 32.2. The van der Waals surface area contributed by atoms with Crippen molar-refractivity contribution < 1.29 is 36.4 Å². The van der Waals surface area contributed by atoms with Crippen molar-refractivity contribution in [3.63, 3.8) is 0 Å². The zero-order valence-corrected chi connectivity index (χ0v) is 15.0. The molecule has 0 saturated carbocycles. The lowest BCUT2D eigenvalue weighted by Crippen LogP contribution is -2.21. The molecule has 0 aliphatic carbocycles. The first-order chi connectivity index (χ1) is 13.0. The lowest BCUT2D eigenvalue weighted by Gasteiger charge is -2.08. The number of hydrogen-bond acceptors (Lipinski definition) is 7. The van der Waals surface area contributed by atoms with E-state index in [1.807, 2.05) is 5.32 Å². The van der Waals surface area contributed by atoms with Crippen molar-refractivity contribution in [2.45, 2.75) is 4.90 Å². The number of carbonyl (C=O) groups excluding carboxylic acids is 2. The summed E-state index contributed by atoms with van der Waals surface area (Å²) in [5.74, 6) is -3.85. The predicted octanol–water partition coefficient (Wildman–Crippen LogP) is 2.07. The zero-order valence-electron chi connectivity index (χ0n) is 14.1. The predicted molar refractivity (Wildman–Crippen MR) is 91.5 cm³/mol. The maximum Gasteiger partial charge on any atom is 0.338 e. The van der Waals surface area contributed by atoms with E-state index in [2.05, 4.69) is 4.74 Å². The van der Waals surface area contributed by atoms with E-state index in [1.54, 1.807) is 0 Å². The highest BCUT2D eigenvalue weighted by Gasteiger charge is 2.24. The van der Waals surface area contributed by atoms with Crippen molar-refractivity contribution in [3.8, 4) is 0 Å². The average Bonchev–Trinajstić information content (AvgIpc) is 2.61. The average molecular weight is 414 g/mol. The fourth-order valence-electron chi connectivity index (χ4n) is 2.09. The number of rotatable bonds is 6. The number of nitro benzene ring substituents is 1. The third-order valence-electron chi connectivity index (χ3n) is 3.33. The second-order valence-electron chi connectivity index (χ2n) is 5.46. The molecule has 2 rings (SSSR count). The third kappa shape index (κ3) is 5.07. The van der Waals surface area contributed by atoms with Gasteiger partial charge in [0.2, 0.25) is 0 Å². The van der Waals surface area contributed by atoms with Gasteiger partial charge in [-0.2, -0.15) is 0 Å². The number of nitro groups is 1. The van der Waals surface area contributed by atoms with E-state index in [4.69, 9.17) is 0 Å². The first-order valence-electron chi connectivity index (χ1n) is 7.39. The van der Waals surface area contributed by atoms with E-state index in [0.717, 1.165) is 36.6 Å². The van der Waals surface area contributed by atoms with Gasteiger partial charge in [-0.25, -0.2) is 22.0 Å². The Morgan fingerprint density at radius 3 is 2.46 bits per heavy atom. The van der Waals surface area contributed by atoms with Gasteiger partial charge < -0.3 is 10.1 Å². The lowest BCUT2D eigenvalue weighted by atomic mass is 10.2. The minimum Gasteiger partial charge on any atom is -0.452 e. The van der Waals surface area contributed by atoms with Gasteiger partial charge in [0.25, 0.3) is 11.6 Å². The quantitative estimate of drug-likeness (QED) is 0.435. The first-order valence-corrected chi connectivity index (χ1v) is 9.28.